The molecule has 1 N–H and O–H groups in total. The number of hydrogen-bond donors (Lipinski definition) is 1. The molecule has 0 aliphatic heterocycles. The van der Waals surface area contributed by atoms with Gasteiger partial charge in [0.15, 0.2) is 0 Å². The Balaban J connectivity index is 1.91. The average molecular weight is 330 g/mol. The molecule has 0 spiro atoms. The van der Waals surface area contributed by atoms with Gasteiger partial charge in [-0.1, -0.05) is 54.6 Å². The van der Waals surface area contributed by atoms with Gasteiger partial charge in [-0.15, -0.1) is 0 Å². The van der Waals surface area contributed by atoms with E-state index >= 15 is 0 Å². The standard InChI is InChI=1S/C24H14N2/c1-3-10-18-16(7-1)22-19(25-18)12-13-21-23(22)17-9-5-8-15-14-6-2-4-11-20(14)26(21)24(15)17/h1-13,25H. The van der Waals surface area contributed by atoms with Crippen LogP contribution >= 0.6 is 0 Å². The van der Waals surface area contributed by atoms with Crippen LogP contribution in [0.5, 0.6) is 0 Å². The maximum atomic E-state index is 3.59. The lowest BCUT2D eigenvalue weighted by Gasteiger charge is -1.99. The molecule has 0 unspecified atom stereocenters. The number of aromatic nitrogens is 2. The Bertz CT molecular complexity index is 1630. The first-order chi connectivity index (χ1) is 12.9. The molecule has 2 heteroatoms. The molecule has 26 heavy (non-hydrogen) atoms. The Morgan fingerprint density at radius 1 is 0.500 bits per heavy atom. The molecule has 0 fully saturated rings. The Kier molecular flexibility index (Phi) is 2.05. The highest BCUT2D eigenvalue weighted by Gasteiger charge is 2.19. The van der Waals surface area contributed by atoms with E-state index in [2.05, 4.69) is 88.2 Å². The van der Waals surface area contributed by atoms with Gasteiger partial charge in [-0.2, -0.15) is 0 Å². The van der Waals surface area contributed by atoms with Gasteiger partial charge < -0.3 is 9.38 Å². The summed E-state index contributed by atoms with van der Waals surface area (Å²) in [4.78, 5) is 3.59. The number of nitrogens with one attached hydrogen (secondary N) is 1. The summed E-state index contributed by atoms with van der Waals surface area (Å²) in [6.45, 7) is 0. The molecule has 3 heterocycles. The molecule has 0 amide bonds. The van der Waals surface area contributed by atoms with Crippen LogP contribution in [0.1, 0.15) is 0 Å². The minimum Gasteiger partial charge on any atom is -0.354 e. The Morgan fingerprint density at radius 2 is 1.27 bits per heavy atom. The van der Waals surface area contributed by atoms with Crippen molar-refractivity contribution in [1.82, 2.24) is 9.38 Å². The van der Waals surface area contributed by atoms with Crippen LogP contribution in [0.4, 0.5) is 0 Å². The van der Waals surface area contributed by atoms with Crippen LogP contribution in [-0.2, 0) is 0 Å². The fourth-order valence-electron chi connectivity index (χ4n) is 4.86. The van der Waals surface area contributed by atoms with Crippen molar-refractivity contribution >= 4 is 59.9 Å². The smallest absolute Gasteiger partial charge is 0.0620 e. The molecule has 0 aliphatic rings. The third kappa shape index (κ3) is 1.29. The molecule has 7 aromatic rings. The van der Waals surface area contributed by atoms with Crippen LogP contribution in [0.3, 0.4) is 0 Å². The Labute approximate surface area is 148 Å². The summed E-state index contributed by atoms with van der Waals surface area (Å²) in [5, 5.41) is 7.98. The van der Waals surface area contributed by atoms with Gasteiger partial charge in [-0.25, -0.2) is 0 Å². The first kappa shape index (κ1) is 12.8. The Hall–Kier alpha value is -3.52. The summed E-state index contributed by atoms with van der Waals surface area (Å²) in [5.74, 6) is 0. The molecule has 120 valence electrons. The predicted octanol–water partition coefficient (Wildman–Crippen LogP) is 6.47. The van der Waals surface area contributed by atoms with Gasteiger partial charge in [0, 0.05) is 43.4 Å². The highest BCUT2D eigenvalue weighted by molar-refractivity contribution is 6.32. The monoisotopic (exact) mass is 330 g/mol. The van der Waals surface area contributed by atoms with Crippen LogP contribution < -0.4 is 0 Å². The van der Waals surface area contributed by atoms with E-state index in [1.807, 2.05) is 0 Å². The largest absolute Gasteiger partial charge is 0.354 e. The zero-order valence-corrected chi connectivity index (χ0v) is 14.0. The second-order valence-corrected chi connectivity index (χ2v) is 7.11. The average Bonchev–Trinajstić information content (AvgIpc) is 3.33. The number of aromatic amines is 1. The van der Waals surface area contributed by atoms with Gasteiger partial charge in [0.05, 0.1) is 16.6 Å². The van der Waals surface area contributed by atoms with E-state index in [1.54, 1.807) is 0 Å². The summed E-state index contributed by atoms with van der Waals surface area (Å²) in [6.07, 6.45) is 0. The van der Waals surface area contributed by atoms with Crippen LogP contribution in [0.2, 0.25) is 0 Å². The lowest BCUT2D eigenvalue weighted by molar-refractivity contribution is 1.37. The van der Waals surface area contributed by atoms with Gasteiger partial charge in [-0.05, 0) is 24.3 Å². The highest BCUT2D eigenvalue weighted by Crippen LogP contribution is 2.42. The van der Waals surface area contributed by atoms with Crippen LogP contribution in [0.25, 0.3) is 59.9 Å². The number of rotatable bonds is 0. The second kappa shape index (κ2) is 4.17. The summed E-state index contributed by atoms with van der Waals surface area (Å²) >= 11 is 0. The van der Waals surface area contributed by atoms with Crippen molar-refractivity contribution in [1.29, 1.82) is 0 Å². The fourth-order valence-corrected chi connectivity index (χ4v) is 4.86. The van der Waals surface area contributed by atoms with E-state index in [1.165, 1.54) is 59.9 Å². The van der Waals surface area contributed by atoms with Crippen molar-refractivity contribution in [3.05, 3.63) is 78.9 Å². The van der Waals surface area contributed by atoms with Gasteiger partial charge in [-0.3, -0.25) is 0 Å². The predicted molar refractivity (Wildman–Crippen MR) is 110 cm³/mol. The quantitative estimate of drug-likeness (QED) is 0.329. The van der Waals surface area contributed by atoms with E-state index in [9.17, 15) is 0 Å². The first-order valence-electron chi connectivity index (χ1n) is 8.98. The van der Waals surface area contributed by atoms with Crippen molar-refractivity contribution in [2.75, 3.05) is 0 Å². The van der Waals surface area contributed by atoms with Crippen molar-refractivity contribution in [2.24, 2.45) is 0 Å². The number of benzene rings is 4. The summed E-state index contributed by atoms with van der Waals surface area (Å²) in [5.41, 5.74) is 6.31. The van der Waals surface area contributed by atoms with Crippen LogP contribution in [0.15, 0.2) is 78.9 Å². The van der Waals surface area contributed by atoms with Gasteiger partial charge in [0.1, 0.15) is 0 Å². The van der Waals surface area contributed by atoms with E-state index < -0.39 is 0 Å². The minimum absolute atomic E-state index is 1.20. The van der Waals surface area contributed by atoms with Crippen molar-refractivity contribution in [3.63, 3.8) is 0 Å². The second-order valence-electron chi connectivity index (χ2n) is 7.11. The maximum Gasteiger partial charge on any atom is 0.0620 e. The van der Waals surface area contributed by atoms with Crippen LogP contribution in [-0.4, -0.2) is 9.38 Å². The van der Waals surface area contributed by atoms with Crippen molar-refractivity contribution in [2.45, 2.75) is 0 Å². The SMILES string of the molecule is c1ccc2c(c1)[nH]c1ccc3c(c4cccc5c6ccccc6n3c54)c12. The zero-order chi connectivity index (χ0) is 16.8. The third-order valence-electron chi connectivity index (χ3n) is 5.85. The molecule has 0 saturated carbocycles. The number of para-hydroxylation sites is 3. The molecule has 7 rings (SSSR count). The normalized spacial score (nSPS) is 12.6. The van der Waals surface area contributed by atoms with Crippen molar-refractivity contribution in [3.8, 4) is 0 Å². The number of nitrogens with zero attached hydrogens (tertiary/aromatic N) is 1. The molecule has 0 atom stereocenters. The minimum atomic E-state index is 1.20. The molecular weight excluding hydrogens is 316 g/mol. The van der Waals surface area contributed by atoms with E-state index in [-0.39, 0.29) is 0 Å². The van der Waals surface area contributed by atoms with Crippen molar-refractivity contribution < 1.29 is 0 Å². The van der Waals surface area contributed by atoms with Gasteiger partial charge in [0.2, 0.25) is 0 Å². The molecule has 4 aromatic carbocycles. The van der Waals surface area contributed by atoms with Gasteiger partial charge >= 0.3 is 0 Å². The first-order valence-corrected chi connectivity index (χ1v) is 8.98. The van der Waals surface area contributed by atoms with E-state index in [0.29, 0.717) is 0 Å². The Morgan fingerprint density at radius 3 is 2.23 bits per heavy atom. The van der Waals surface area contributed by atoms with E-state index in [4.69, 9.17) is 0 Å². The number of fused-ring (bicyclic) bond motifs is 10. The van der Waals surface area contributed by atoms with Crippen LogP contribution in [0, 0.1) is 0 Å². The number of H-pyrrole nitrogens is 1. The molecule has 2 nitrogen and oxygen atoms in total. The van der Waals surface area contributed by atoms with E-state index in [0.717, 1.165) is 0 Å². The molecular formula is C24H14N2. The number of hydrogen-bond acceptors (Lipinski definition) is 0. The molecule has 0 saturated heterocycles. The van der Waals surface area contributed by atoms with Gasteiger partial charge in [0.25, 0.3) is 0 Å². The maximum absolute atomic E-state index is 3.59. The molecule has 3 aromatic heterocycles. The molecule has 0 radical (unpaired) electrons. The third-order valence-corrected chi connectivity index (χ3v) is 5.85. The molecule has 0 aliphatic carbocycles. The summed E-state index contributed by atoms with van der Waals surface area (Å²) in [7, 11) is 0. The summed E-state index contributed by atoms with van der Waals surface area (Å²) < 4.78 is 2.44. The lowest BCUT2D eigenvalue weighted by atomic mass is 10.0. The zero-order valence-electron chi connectivity index (χ0n) is 14.0. The molecule has 0 bridgehead atoms. The topological polar surface area (TPSA) is 20.2 Å². The lowest BCUT2D eigenvalue weighted by Crippen LogP contribution is -1.80. The fraction of sp³-hybridized carbons (Fsp3) is 0. The summed E-state index contributed by atoms with van der Waals surface area (Å²) in [6, 6.07) is 28.5. The highest BCUT2D eigenvalue weighted by atomic mass is 14.9.